The third kappa shape index (κ3) is 3.14. The van der Waals surface area contributed by atoms with E-state index in [1.54, 1.807) is 6.07 Å². The van der Waals surface area contributed by atoms with Gasteiger partial charge in [0.1, 0.15) is 11.4 Å². The second-order valence-electron chi connectivity index (χ2n) is 3.58. The second-order valence-corrected chi connectivity index (χ2v) is 3.98. The number of rotatable bonds is 1. The topological polar surface area (TPSA) is 9.23 Å². The van der Waals surface area contributed by atoms with Gasteiger partial charge >= 0.3 is 0 Å². The van der Waals surface area contributed by atoms with Crippen molar-refractivity contribution in [3.8, 4) is 5.75 Å². The van der Waals surface area contributed by atoms with Crippen LogP contribution in [0.4, 0.5) is 0 Å². The Morgan fingerprint density at radius 2 is 2.00 bits per heavy atom. The van der Waals surface area contributed by atoms with Gasteiger partial charge in [0.25, 0.3) is 0 Å². The van der Waals surface area contributed by atoms with Gasteiger partial charge in [-0.25, -0.2) is 0 Å². The third-order valence-corrected chi connectivity index (χ3v) is 1.37. The molecule has 12 heavy (non-hydrogen) atoms. The van der Waals surface area contributed by atoms with Crippen molar-refractivity contribution in [2.75, 3.05) is 0 Å². The SMILES string of the molecule is CC(C)(C)Oc1[c]c(Cl)ccc1. The Bertz CT molecular complexity index is 263. The number of hydrogen-bond donors (Lipinski definition) is 0. The molecule has 0 saturated heterocycles. The normalized spacial score (nSPS) is 11.3. The van der Waals surface area contributed by atoms with E-state index in [0.717, 1.165) is 0 Å². The van der Waals surface area contributed by atoms with Crippen LogP contribution in [0.3, 0.4) is 0 Å². The first kappa shape index (κ1) is 9.40. The Labute approximate surface area is 78.3 Å². The molecule has 0 unspecified atom stereocenters. The van der Waals surface area contributed by atoms with Gasteiger partial charge in [0.15, 0.2) is 0 Å². The lowest BCUT2D eigenvalue weighted by molar-refractivity contribution is 0.130. The van der Waals surface area contributed by atoms with E-state index < -0.39 is 0 Å². The van der Waals surface area contributed by atoms with E-state index in [4.69, 9.17) is 16.3 Å². The Hall–Kier alpha value is -0.690. The molecule has 1 nitrogen and oxygen atoms in total. The molecule has 0 aromatic heterocycles. The molecular formula is C10H12ClO. The van der Waals surface area contributed by atoms with E-state index in [0.29, 0.717) is 10.8 Å². The van der Waals surface area contributed by atoms with Gasteiger partial charge in [-0.1, -0.05) is 17.7 Å². The molecule has 0 aliphatic heterocycles. The maximum atomic E-state index is 5.74. The predicted octanol–water partition coefficient (Wildman–Crippen LogP) is 3.32. The lowest BCUT2D eigenvalue weighted by atomic mass is 10.2. The van der Waals surface area contributed by atoms with Gasteiger partial charge in [-0.15, -0.1) is 0 Å². The van der Waals surface area contributed by atoms with Crippen LogP contribution in [-0.4, -0.2) is 5.60 Å². The summed E-state index contributed by atoms with van der Waals surface area (Å²) in [5.74, 6) is 0.690. The standard InChI is InChI=1S/C10H12ClO/c1-10(2,3)12-9-6-4-5-8(11)7-9/h4-6H,1-3H3. The highest BCUT2D eigenvalue weighted by Crippen LogP contribution is 2.20. The first-order chi connectivity index (χ1) is 5.47. The first-order valence-electron chi connectivity index (χ1n) is 3.84. The summed E-state index contributed by atoms with van der Waals surface area (Å²) in [5, 5.41) is 0.580. The maximum Gasteiger partial charge on any atom is 0.129 e. The molecule has 0 heterocycles. The quantitative estimate of drug-likeness (QED) is 0.649. The fourth-order valence-corrected chi connectivity index (χ4v) is 0.976. The number of ether oxygens (including phenoxy) is 1. The lowest BCUT2D eigenvalue weighted by Crippen LogP contribution is -2.22. The maximum absolute atomic E-state index is 5.74. The van der Waals surface area contributed by atoms with E-state index >= 15 is 0 Å². The predicted molar refractivity (Wildman–Crippen MR) is 50.7 cm³/mol. The van der Waals surface area contributed by atoms with Gasteiger partial charge in [-0.3, -0.25) is 0 Å². The zero-order valence-corrected chi connectivity index (χ0v) is 8.27. The molecule has 0 spiro atoms. The Morgan fingerprint density at radius 3 is 2.50 bits per heavy atom. The summed E-state index contributed by atoms with van der Waals surface area (Å²) >= 11 is 5.74. The van der Waals surface area contributed by atoms with Crippen LogP contribution in [0.15, 0.2) is 18.2 Å². The molecule has 1 aromatic rings. The average Bonchev–Trinajstić information content (AvgIpc) is 1.82. The van der Waals surface area contributed by atoms with Crippen LogP contribution in [0.25, 0.3) is 0 Å². The van der Waals surface area contributed by atoms with Crippen molar-refractivity contribution in [1.82, 2.24) is 0 Å². The van der Waals surface area contributed by atoms with Crippen LogP contribution in [-0.2, 0) is 0 Å². The van der Waals surface area contributed by atoms with Crippen LogP contribution in [0.2, 0.25) is 5.02 Å². The minimum absolute atomic E-state index is 0.193. The fourth-order valence-electron chi connectivity index (χ4n) is 0.810. The van der Waals surface area contributed by atoms with Crippen LogP contribution in [0.1, 0.15) is 20.8 Å². The molecular weight excluding hydrogens is 172 g/mol. The van der Waals surface area contributed by atoms with Crippen molar-refractivity contribution >= 4 is 11.6 Å². The molecule has 65 valence electrons. The van der Waals surface area contributed by atoms with Crippen molar-refractivity contribution < 1.29 is 4.74 Å². The molecule has 0 bridgehead atoms. The highest BCUT2D eigenvalue weighted by molar-refractivity contribution is 6.30. The summed E-state index contributed by atoms with van der Waals surface area (Å²) in [5.41, 5.74) is -0.193. The van der Waals surface area contributed by atoms with Gasteiger partial charge in [-0.05, 0) is 32.9 Å². The minimum atomic E-state index is -0.193. The van der Waals surface area contributed by atoms with Gasteiger partial charge in [0.05, 0.1) is 5.02 Å². The molecule has 1 rings (SSSR count). The van der Waals surface area contributed by atoms with Gasteiger partial charge in [0, 0.05) is 6.07 Å². The Morgan fingerprint density at radius 1 is 1.33 bits per heavy atom. The summed E-state index contributed by atoms with van der Waals surface area (Å²) in [4.78, 5) is 0. The molecule has 0 N–H and O–H groups in total. The molecule has 1 aromatic carbocycles. The zero-order valence-electron chi connectivity index (χ0n) is 7.52. The summed E-state index contributed by atoms with van der Waals surface area (Å²) in [6.07, 6.45) is 0. The first-order valence-corrected chi connectivity index (χ1v) is 4.22. The van der Waals surface area contributed by atoms with E-state index in [1.165, 1.54) is 0 Å². The molecule has 0 fully saturated rings. The van der Waals surface area contributed by atoms with Crippen LogP contribution < -0.4 is 4.74 Å². The Kier molecular flexibility index (Phi) is 2.63. The van der Waals surface area contributed by atoms with Crippen LogP contribution in [0.5, 0.6) is 5.75 Å². The largest absolute Gasteiger partial charge is 0.487 e. The summed E-state index contributed by atoms with van der Waals surface area (Å²) in [6.45, 7) is 5.96. The van der Waals surface area contributed by atoms with Gasteiger partial charge < -0.3 is 4.74 Å². The van der Waals surface area contributed by atoms with Gasteiger partial charge in [0.2, 0.25) is 0 Å². The average molecular weight is 184 g/mol. The van der Waals surface area contributed by atoms with Crippen LogP contribution >= 0.6 is 11.6 Å². The van der Waals surface area contributed by atoms with E-state index in [9.17, 15) is 0 Å². The smallest absolute Gasteiger partial charge is 0.129 e. The highest BCUT2D eigenvalue weighted by Gasteiger charge is 2.11. The highest BCUT2D eigenvalue weighted by atomic mass is 35.5. The molecule has 0 saturated carbocycles. The van der Waals surface area contributed by atoms with Crippen molar-refractivity contribution in [1.29, 1.82) is 0 Å². The van der Waals surface area contributed by atoms with Crippen molar-refractivity contribution in [2.24, 2.45) is 0 Å². The van der Waals surface area contributed by atoms with Crippen molar-refractivity contribution in [2.45, 2.75) is 26.4 Å². The number of benzene rings is 1. The Balaban J connectivity index is 2.77. The van der Waals surface area contributed by atoms with Crippen LogP contribution in [0, 0.1) is 6.07 Å². The summed E-state index contributed by atoms with van der Waals surface area (Å²) in [7, 11) is 0. The minimum Gasteiger partial charge on any atom is -0.487 e. The molecule has 0 aliphatic carbocycles. The van der Waals surface area contributed by atoms with Crippen molar-refractivity contribution in [3.05, 3.63) is 29.3 Å². The van der Waals surface area contributed by atoms with E-state index in [2.05, 4.69) is 6.07 Å². The molecule has 0 aliphatic rings. The molecule has 1 radical (unpaired) electrons. The number of hydrogen-bond acceptors (Lipinski definition) is 1. The monoisotopic (exact) mass is 183 g/mol. The lowest BCUT2D eigenvalue weighted by Gasteiger charge is -2.20. The van der Waals surface area contributed by atoms with Crippen molar-refractivity contribution in [3.63, 3.8) is 0 Å². The fraction of sp³-hybridized carbons (Fsp3) is 0.400. The molecule has 2 heteroatoms. The summed E-state index contributed by atoms with van der Waals surface area (Å²) < 4.78 is 5.54. The molecule has 0 atom stereocenters. The zero-order chi connectivity index (χ0) is 9.19. The summed E-state index contributed by atoms with van der Waals surface area (Å²) in [6, 6.07) is 8.37. The van der Waals surface area contributed by atoms with Gasteiger partial charge in [-0.2, -0.15) is 0 Å². The number of halogens is 1. The van der Waals surface area contributed by atoms with E-state index in [1.807, 2.05) is 32.9 Å². The van der Waals surface area contributed by atoms with E-state index in [-0.39, 0.29) is 5.60 Å². The third-order valence-electron chi connectivity index (χ3n) is 1.15. The molecule has 0 amide bonds. The second kappa shape index (κ2) is 3.36.